The van der Waals surface area contributed by atoms with Crippen molar-refractivity contribution in [1.82, 2.24) is 5.32 Å². The maximum absolute atomic E-state index is 10.1. The molecule has 0 aliphatic carbocycles. The van der Waals surface area contributed by atoms with E-state index in [4.69, 9.17) is 0 Å². The zero-order valence-corrected chi connectivity index (χ0v) is 4.75. The molecule has 0 radical (unpaired) electrons. The average Bonchev–Trinajstić information content (AvgIpc) is 1.68. The van der Waals surface area contributed by atoms with Crippen LogP contribution in [0.15, 0.2) is 0 Å². The van der Waals surface area contributed by atoms with Gasteiger partial charge in [-0.05, 0) is 0 Å². The van der Waals surface area contributed by atoms with Crippen LogP contribution in [0.5, 0.6) is 0 Å². The SMILES string of the molecule is CNC(=O)C[S+]=O. The number of carbonyl (C=O) groups is 1. The van der Waals surface area contributed by atoms with Gasteiger partial charge in [0.1, 0.15) is 0 Å². The van der Waals surface area contributed by atoms with Crippen molar-refractivity contribution >= 4 is 17.6 Å². The molecule has 7 heavy (non-hydrogen) atoms. The van der Waals surface area contributed by atoms with Crippen molar-refractivity contribution < 1.29 is 9.00 Å². The van der Waals surface area contributed by atoms with Crippen LogP contribution in [0.3, 0.4) is 0 Å². The summed E-state index contributed by atoms with van der Waals surface area (Å²) >= 11 is 0.272. The summed E-state index contributed by atoms with van der Waals surface area (Å²) in [5.74, 6) is -0.212. The van der Waals surface area contributed by atoms with Crippen molar-refractivity contribution in [2.75, 3.05) is 12.8 Å². The summed E-state index contributed by atoms with van der Waals surface area (Å²) in [5, 5.41) is 2.31. The van der Waals surface area contributed by atoms with Gasteiger partial charge in [-0.3, -0.25) is 4.79 Å². The molecular weight excluding hydrogens is 114 g/mol. The fraction of sp³-hybridized carbons (Fsp3) is 0.667. The Hall–Kier alpha value is -0.510. The number of hydrogen-bond acceptors (Lipinski definition) is 2. The predicted octanol–water partition coefficient (Wildman–Crippen LogP) is -0.840. The molecule has 0 rings (SSSR count). The smallest absolute Gasteiger partial charge is 0.354 e. The average molecular weight is 120 g/mol. The third-order valence-electron chi connectivity index (χ3n) is 0.469. The molecule has 4 heteroatoms. The van der Waals surface area contributed by atoms with Crippen molar-refractivity contribution in [1.29, 1.82) is 0 Å². The Balaban J connectivity index is 3.17. The van der Waals surface area contributed by atoms with E-state index < -0.39 is 0 Å². The van der Waals surface area contributed by atoms with Crippen LogP contribution in [-0.2, 0) is 20.7 Å². The first-order valence-corrected chi connectivity index (χ1v) is 2.67. The Bertz CT molecular complexity index is 83.0. The molecular formula is C3H6NO2S+. The van der Waals surface area contributed by atoms with Crippen LogP contribution in [0.25, 0.3) is 0 Å². The molecule has 0 bridgehead atoms. The fourth-order valence-corrected chi connectivity index (χ4v) is 0.377. The predicted molar refractivity (Wildman–Crippen MR) is 27.0 cm³/mol. The van der Waals surface area contributed by atoms with Gasteiger partial charge in [0.05, 0.1) is 0 Å². The van der Waals surface area contributed by atoms with Gasteiger partial charge < -0.3 is 5.32 Å². The fourth-order valence-electron chi connectivity index (χ4n) is 0.126. The monoisotopic (exact) mass is 120 g/mol. The quantitative estimate of drug-likeness (QED) is 0.483. The second kappa shape index (κ2) is 3.67. The molecule has 40 valence electrons. The summed E-state index contributed by atoms with van der Waals surface area (Å²) in [6, 6.07) is 0. The molecule has 3 nitrogen and oxygen atoms in total. The third-order valence-corrected chi connectivity index (χ3v) is 0.849. The van der Waals surface area contributed by atoms with Crippen LogP contribution < -0.4 is 5.32 Å². The minimum Gasteiger partial charge on any atom is -0.354 e. The molecule has 0 aromatic rings. The van der Waals surface area contributed by atoms with Gasteiger partial charge >= 0.3 is 17.4 Å². The molecule has 1 amide bonds. The second-order valence-electron chi connectivity index (χ2n) is 0.935. The lowest BCUT2D eigenvalue weighted by molar-refractivity contribution is -0.118. The number of nitrogens with one attached hydrogen (secondary N) is 1. The molecule has 1 N–H and O–H groups in total. The summed E-state index contributed by atoms with van der Waals surface area (Å²) in [5.41, 5.74) is 0. The first kappa shape index (κ1) is 6.49. The van der Waals surface area contributed by atoms with E-state index in [1.165, 1.54) is 7.05 Å². The van der Waals surface area contributed by atoms with E-state index in [1.807, 2.05) is 0 Å². The largest absolute Gasteiger partial charge is 0.469 e. The van der Waals surface area contributed by atoms with Gasteiger partial charge in [0.15, 0.2) is 0 Å². The molecule has 0 fully saturated rings. The third kappa shape index (κ3) is 3.32. The molecule has 0 heterocycles. The van der Waals surface area contributed by atoms with Crippen LogP contribution >= 0.6 is 0 Å². The maximum Gasteiger partial charge on any atom is 0.469 e. The standard InChI is InChI=1S/C3H5NO2S/c1-4-3(5)2-7-6/h2H2,1H3/p+1. The van der Waals surface area contributed by atoms with Crippen molar-refractivity contribution in [2.24, 2.45) is 0 Å². The van der Waals surface area contributed by atoms with Gasteiger partial charge in [0, 0.05) is 11.3 Å². The Morgan fingerprint density at radius 1 is 1.86 bits per heavy atom. The highest BCUT2D eigenvalue weighted by molar-refractivity contribution is 7.66. The van der Waals surface area contributed by atoms with Crippen LogP contribution in [-0.4, -0.2) is 18.7 Å². The Morgan fingerprint density at radius 2 is 2.43 bits per heavy atom. The lowest BCUT2D eigenvalue weighted by Crippen LogP contribution is -2.20. The van der Waals surface area contributed by atoms with Crippen molar-refractivity contribution in [3.05, 3.63) is 0 Å². The molecule has 0 saturated heterocycles. The number of hydrogen-bond donors (Lipinski definition) is 1. The molecule has 0 unspecified atom stereocenters. The van der Waals surface area contributed by atoms with Gasteiger partial charge in [-0.1, -0.05) is 0 Å². The minimum atomic E-state index is -0.222. The van der Waals surface area contributed by atoms with Crippen LogP contribution in [0.2, 0.25) is 0 Å². The molecule has 0 aromatic heterocycles. The zero-order chi connectivity index (χ0) is 5.70. The van der Waals surface area contributed by atoms with Crippen molar-refractivity contribution in [2.45, 2.75) is 0 Å². The highest BCUT2D eigenvalue weighted by atomic mass is 32.1. The highest BCUT2D eigenvalue weighted by Crippen LogP contribution is 1.58. The van der Waals surface area contributed by atoms with Crippen LogP contribution in [0, 0.1) is 0 Å². The topological polar surface area (TPSA) is 46.2 Å². The summed E-state index contributed by atoms with van der Waals surface area (Å²) < 4.78 is 9.56. The minimum absolute atomic E-state index is 0.0104. The lowest BCUT2D eigenvalue weighted by Gasteiger charge is -1.80. The van der Waals surface area contributed by atoms with E-state index in [1.54, 1.807) is 0 Å². The van der Waals surface area contributed by atoms with E-state index in [0.717, 1.165) is 0 Å². The summed E-state index contributed by atoms with van der Waals surface area (Å²) in [6.07, 6.45) is 0. The number of amides is 1. The number of rotatable bonds is 2. The van der Waals surface area contributed by atoms with Gasteiger partial charge in [-0.15, -0.1) is 0 Å². The lowest BCUT2D eigenvalue weighted by atomic mass is 10.7. The highest BCUT2D eigenvalue weighted by Gasteiger charge is 2.05. The second-order valence-corrected chi connectivity index (χ2v) is 1.46. The summed E-state index contributed by atoms with van der Waals surface area (Å²) in [6.45, 7) is 0. The first-order chi connectivity index (χ1) is 3.31. The zero-order valence-electron chi connectivity index (χ0n) is 3.93. The molecule has 0 aliphatic heterocycles. The Morgan fingerprint density at radius 3 is 2.57 bits per heavy atom. The van der Waals surface area contributed by atoms with E-state index in [9.17, 15) is 9.00 Å². The van der Waals surface area contributed by atoms with Gasteiger partial charge in [0.2, 0.25) is 0 Å². The van der Waals surface area contributed by atoms with E-state index in [0.29, 0.717) is 0 Å². The molecule has 0 spiro atoms. The molecule has 0 aliphatic rings. The maximum atomic E-state index is 10.1. The Labute approximate surface area is 45.6 Å². The van der Waals surface area contributed by atoms with E-state index in [2.05, 4.69) is 5.32 Å². The molecule has 0 atom stereocenters. The van der Waals surface area contributed by atoms with E-state index in [-0.39, 0.29) is 23.3 Å². The summed E-state index contributed by atoms with van der Waals surface area (Å²) in [4.78, 5) is 10.1. The van der Waals surface area contributed by atoms with E-state index >= 15 is 0 Å². The Kier molecular flexibility index (Phi) is 3.40. The van der Waals surface area contributed by atoms with Gasteiger partial charge in [-0.2, -0.15) is 0 Å². The van der Waals surface area contributed by atoms with Crippen LogP contribution in [0.1, 0.15) is 0 Å². The number of carbonyl (C=O) groups excluding carboxylic acids is 1. The first-order valence-electron chi connectivity index (χ1n) is 1.76. The van der Waals surface area contributed by atoms with Crippen molar-refractivity contribution in [3.8, 4) is 0 Å². The van der Waals surface area contributed by atoms with Gasteiger partial charge in [0.25, 0.3) is 5.91 Å². The normalized spacial score (nSPS) is 7.57. The van der Waals surface area contributed by atoms with Gasteiger partial charge in [-0.25, -0.2) is 0 Å². The molecule has 0 saturated carbocycles. The molecule has 0 aromatic carbocycles. The van der Waals surface area contributed by atoms with Crippen LogP contribution in [0.4, 0.5) is 0 Å². The summed E-state index contributed by atoms with van der Waals surface area (Å²) in [7, 11) is 1.50. The van der Waals surface area contributed by atoms with Crippen molar-refractivity contribution in [3.63, 3.8) is 0 Å².